The van der Waals surface area contributed by atoms with E-state index in [-0.39, 0.29) is 0 Å². The Morgan fingerprint density at radius 3 is 2.75 bits per heavy atom. The van der Waals surface area contributed by atoms with Gasteiger partial charge in [-0.05, 0) is 37.8 Å². The van der Waals surface area contributed by atoms with Gasteiger partial charge in [0.25, 0.3) is 0 Å². The fraction of sp³-hybridized carbons (Fsp3) is 0.500. The molecule has 1 aromatic carbocycles. The summed E-state index contributed by atoms with van der Waals surface area (Å²) in [6, 6.07) is 6.08. The summed E-state index contributed by atoms with van der Waals surface area (Å²) in [5.41, 5.74) is 3.01. The fourth-order valence-corrected chi connectivity index (χ4v) is 2.28. The molecular weight excluding hydrogens is 198 g/mol. The van der Waals surface area contributed by atoms with Crippen LogP contribution in [0.3, 0.4) is 0 Å². The van der Waals surface area contributed by atoms with Gasteiger partial charge in [0.15, 0.2) is 6.29 Å². The molecule has 1 aliphatic rings. The molecule has 0 saturated heterocycles. The molecule has 16 heavy (non-hydrogen) atoms. The summed E-state index contributed by atoms with van der Waals surface area (Å²) < 4.78 is 0. The molecule has 1 fully saturated rings. The summed E-state index contributed by atoms with van der Waals surface area (Å²) in [7, 11) is 2.08. The summed E-state index contributed by atoms with van der Waals surface area (Å²) in [5, 5.41) is 0. The summed E-state index contributed by atoms with van der Waals surface area (Å²) in [6.45, 7) is 3.09. The van der Waals surface area contributed by atoms with E-state index in [1.165, 1.54) is 19.3 Å². The molecule has 0 N–H and O–H groups in total. The normalized spacial score (nSPS) is 15.6. The van der Waals surface area contributed by atoms with Gasteiger partial charge in [-0.1, -0.05) is 18.1 Å². The Morgan fingerprint density at radius 2 is 2.19 bits per heavy atom. The van der Waals surface area contributed by atoms with Gasteiger partial charge in [-0.3, -0.25) is 4.79 Å². The minimum Gasteiger partial charge on any atom is -0.374 e. The van der Waals surface area contributed by atoms with Gasteiger partial charge in [0.2, 0.25) is 0 Å². The number of hydrogen-bond acceptors (Lipinski definition) is 2. The van der Waals surface area contributed by atoms with Crippen LogP contribution < -0.4 is 4.90 Å². The third-order valence-electron chi connectivity index (χ3n) is 3.48. The van der Waals surface area contributed by atoms with Crippen molar-refractivity contribution in [2.45, 2.75) is 26.2 Å². The first kappa shape index (κ1) is 11.2. The van der Waals surface area contributed by atoms with Crippen LogP contribution in [0.1, 0.15) is 35.2 Å². The highest BCUT2D eigenvalue weighted by atomic mass is 16.1. The van der Waals surface area contributed by atoms with Crippen molar-refractivity contribution < 1.29 is 4.79 Å². The average molecular weight is 217 g/mol. The first-order chi connectivity index (χ1) is 7.70. The lowest BCUT2D eigenvalue weighted by molar-refractivity contribution is 0.112. The van der Waals surface area contributed by atoms with Crippen LogP contribution in [0.25, 0.3) is 0 Å². The van der Waals surface area contributed by atoms with Crippen LogP contribution >= 0.6 is 0 Å². The van der Waals surface area contributed by atoms with Crippen LogP contribution in [0.5, 0.6) is 0 Å². The molecule has 0 aliphatic heterocycles. The Kier molecular flexibility index (Phi) is 3.28. The second-order valence-corrected chi connectivity index (χ2v) is 4.86. The molecule has 0 atom stereocenters. The summed E-state index contributed by atoms with van der Waals surface area (Å²) in [4.78, 5) is 13.2. The van der Waals surface area contributed by atoms with E-state index in [1.807, 2.05) is 13.0 Å². The standard InChI is InChI=1S/C14H19NO/c1-11-6-7-14(13(8-11)10-16)15(2)9-12-4-3-5-12/h6-8,10,12H,3-5,9H2,1-2H3. The Morgan fingerprint density at radius 1 is 1.44 bits per heavy atom. The molecule has 0 amide bonds. The molecule has 1 aliphatic carbocycles. The molecule has 2 rings (SSSR count). The summed E-state index contributed by atoms with van der Waals surface area (Å²) >= 11 is 0. The molecule has 0 radical (unpaired) electrons. The highest BCUT2D eigenvalue weighted by Gasteiger charge is 2.20. The maximum absolute atomic E-state index is 11.0. The third-order valence-corrected chi connectivity index (χ3v) is 3.48. The van der Waals surface area contributed by atoms with E-state index < -0.39 is 0 Å². The molecule has 2 heteroatoms. The Bertz CT molecular complexity index is 382. The van der Waals surface area contributed by atoms with Crippen molar-refractivity contribution in [3.8, 4) is 0 Å². The van der Waals surface area contributed by atoms with Crippen molar-refractivity contribution in [1.82, 2.24) is 0 Å². The first-order valence-electron chi connectivity index (χ1n) is 5.97. The zero-order chi connectivity index (χ0) is 11.5. The fourth-order valence-electron chi connectivity index (χ4n) is 2.28. The molecule has 86 valence electrons. The topological polar surface area (TPSA) is 20.3 Å². The summed E-state index contributed by atoms with van der Waals surface area (Å²) in [6.07, 6.45) is 5.01. The molecule has 1 aromatic rings. The van der Waals surface area contributed by atoms with Gasteiger partial charge in [0.05, 0.1) is 0 Å². The van der Waals surface area contributed by atoms with E-state index >= 15 is 0 Å². The van der Waals surface area contributed by atoms with Crippen molar-refractivity contribution in [2.75, 3.05) is 18.5 Å². The number of aldehydes is 1. The van der Waals surface area contributed by atoms with Gasteiger partial charge < -0.3 is 4.90 Å². The van der Waals surface area contributed by atoms with Crippen LogP contribution in [0, 0.1) is 12.8 Å². The maximum Gasteiger partial charge on any atom is 0.152 e. The number of rotatable bonds is 4. The molecule has 2 nitrogen and oxygen atoms in total. The number of aryl methyl sites for hydroxylation is 1. The number of hydrogen-bond donors (Lipinski definition) is 0. The Hall–Kier alpha value is -1.31. The van der Waals surface area contributed by atoms with Gasteiger partial charge in [0.1, 0.15) is 0 Å². The van der Waals surface area contributed by atoms with E-state index in [0.29, 0.717) is 0 Å². The van der Waals surface area contributed by atoms with Gasteiger partial charge in [-0.15, -0.1) is 0 Å². The quantitative estimate of drug-likeness (QED) is 0.722. The van der Waals surface area contributed by atoms with E-state index in [2.05, 4.69) is 24.1 Å². The predicted octanol–water partition coefficient (Wildman–Crippen LogP) is 3.04. The molecule has 1 saturated carbocycles. The maximum atomic E-state index is 11.0. The van der Waals surface area contributed by atoms with Crippen molar-refractivity contribution in [3.63, 3.8) is 0 Å². The van der Waals surface area contributed by atoms with E-state index in [0.717, 1.165) is 35.6 Å². The molecular formula is C14H19NO. The van der Waals surface area contributed by atoms with Crippen LogP contribution in [0.4, 0.5) is 5.69 Å². The Labute approximate surface area is 97.3 Å². The van der Waals surface area contributed by atoms with Crippen LogP contribution in [0.2, 0.25) is 0 Å². The zero-order valence-electron chi connectivity index (χ0n) is 10.1. The minimum absolute atomic E-state index is 0.807. The SMILES string of the molecule is Cc1ccc(N(C)CC2CCC2)c(C=O)c1. The number of benzene rings is 1. The van der Waals surface area contributed by atoms with Crippen LogP contribution in [-0.4, -0.2) is 19.9 Å². The third kappa shape index (κ3) is 2.26. The highest BCUT2D eigenvalue weighted by molar-refractivity contribution is 5.84. The first-order valence-corrected chi connectivity index (χ1v) is 5.97. The number of carbonyl (C=O) groups is 1. The van der Waals surface area contributed by atoms with E-state index in [9.17, 15) is 4.79 Å². The average Bonchev–Trinajstić information content (AvgIpc) is 2.23. The van der Waals surface area contributed by atoms with Gasteiger partial charge >= 0.3 is 0 Å². The van der Waals surface area contributed by atoms with Crippen LogP contribution in [-0.2, 0) is 0 Å². The number of anilines is 1. The van der Waals surface area contributed by atoms with Crippen LogP contribution in [0.15, 0.2) is 18.2 Å². The lowest BCUT2D eigenvalue weighted by Crippen LogP contribution is -2.29. The highest BCUT2D eigenvalue weighted by Crippen LogP contribution is 2.29. The van der Waals surface area contributed by atoms with Crippen molar-refractivity contribution >= 4 is 12.0 Å². The van der Waals surface area contributed by atoms with Gasteiger partial charge in [0, 0.05) is 24.8 Å². The molecule has 0 spiro atoms. The summed E-state index contributed by atoms with van der Waals surface area (Å²) in [5.74, 6) is 0.825. The number of nitrogens with zero attached hydrogens (tertiary/aromatic N) is 1. The van der Waals surface area contributed by atoms with Gasteiger partial charge in [-0.2, -0.15) is 0 Å². The van der Waals surface area contributed by atoms with Crippen molar-refractivity contribution in [1.29, 1.82) is 0 Å². The number of carbonyl (C=O) groups excluding carboxylic acids is 1. The largest absolute Gasteiger partial charge is 0.374 e. The lowest BCUT2D eigenvalue weighted by atomic mass is 9.85. The predicted molar refractivity (Wildman–Crippen MR) is 67.2 cm³/mol. The minimum atomic E-state index is 0.807. The van der Waals surface area contributed by atoms with E-state index in [1.54, 1.807) is 0 Å². The molecule has 0 unspecified atom stereocenters. The zero-order valence-corrected chi connectivity index (χ0v) is 10.1. The molecule has 0 heterocycles. The Balaban J connectivity index is 2.14. The van der Waals surface area contributed by atoms with Crippen molar-refractivity contribution in [3.05, 3.63) is 29.3 Å². The van der Waals surface area contributed by atoms with Gasteiger partial charge in [-0.25, -0.2) is 0 Å². The van der Waals surface area contributed by atoms with E-state index in [4.69, 9.17) is 0 Å². The monoisotopic (exact) mass is 217 g/mol. The molecule has 0 bridgehead atoms. The second-order valence-electron chi connectivity index (χ2n) is 4.86. The van der Waals surface area contributed by atoms with Crippen molar-refractivity contribution in [2.24, 2.45) is 5.92 Å². The second kappa shape index (κ2) is 4.69. The smallest absolute Gasteiger partial charge is 0.152 e. The lowest BCUT2D eigenvalue weighted by Gasteiger charge is -2.31. The molecule has 0 aromatic heterocycles.